The van der Waals surface area contributed by atoms with Crippen LogP contribution in [0.2, 0.25) is 0 Å². The summed E-state index contributed by atoms with van der Waals surface area (Å²) >= 11 is 1.49. The van der Waals surface area contributed by atoms with Gasteiger partial charge in [0.25, 0.3) is 0 Å². The highest BCUT2D eigenvalue weighted by Crippen LogP contribution is 2.19. The monoisotopic (exact) mass is 340 g/mol. The van der Waals surface area contributed by atoms with Gasteiger partial charge in [0.15, 0.2) is 5.78 Å². The van der Waals surface area contributed by atoms with Gasteiger partial charge in [-0.3, -0.25) is 4.79 Å². The fourth-order valence-electron chi connectivity index (χ4n) is 1.42. The van der Waals surface area contributed by atoms with Gasteiger partial charge in [-0.15, -0.1) is 11.8 Å². The third kappa shape index (κ3) is 4.69. The second-order valence-corrected chi connectivity index (χ2v) is 4.63. The number of hydrogen-bond acceptors (Lipinski definition) is 3. The van der Waals surface area contributed by atoms with Crippen molar-refractivity contribution in [2.75, 3.05) is 12.9 Å². The van der Waals surface area contributed by atoms with Gasteiger partial charge in [-0.25, -0.2) is 4.42 Å². The van der Waals surface area contributed by atoms with Crippen molar-refractivity contribution in [3.05, 3.63) is 54.5 Å². The molecular formula is C14H13BrO3S. The molecule has 0 amide bonds. The van der Waals surface area contributed by atoms with Crippen LogP contribution >= 0.6 is 11.8 Å². The SMILES string of the molecule is COc1ccc(C(=O)CSc2cc[o+]cc2)cc1.[Br-]. The van der Waals surface area contributed by atoms with E-state index in [-0.39, 0.29) is 22.8 Å². The maximum atomic E-state index is 11.9. The lowest BCUT2D eigenvalue weighted by Crippen LogP contribution is -3.00. The van der Waals surface area contributed by atoms with E-state index in [0.29, 0.717) is 11.3 Å². The van der Waals surface area contributed by atoms with Crippen LogP contribution in [0.3, 0.4) is 0 Å². The first-order valence-electron chi connectivity index (χ1n) is 5.45. The Labute approximate surface area is 126 Å². The number of carbonyl (C=O) groups excluding carboxylic acids is 1. The Morgan fingerprint density at radius 2 is 1.79 bits per heavy atom. The average Bonchev–Trinajstić information content (AvgIpc) is 2.46. The molecule has 100 valence electrons. The second kappa shape index (κ2) is 7.96. The van der Waals surface area contributed by atoms with Crippen molar-refractivity contribution < 1.29 is 30.9 Å². The summed E-state index contributed by atoms with van der Waals surface area (Å²) in [6, 6.07) is 10.8. The van der Waals surface area contributed by atoms with Crippen molar-refractivity contribution in [2.45, 2.75) is 4.90 Å². The van der Waals surface area contributed by atoms with Crippen molar-refractivity contribution in [1.29, 1.82) is 0 Å². The first-order chi connectivity index (χ1) is 8.79. The molecule has 3 nitrogen and oxygen atoms in total. The molecule has 5 heteroatoms. The highest BCUT2D eigenvalue weighted by atomic mass is 79.9. The summed E-state index contributed by atoms with van der Waals surface area (Å²) in [5.74, 6) is 1.27. The number of ether oxygens (including phenoxy) is 1. The van der Waals surface area contributed by atoms with Crippen LogP contribution in [0.5, 0.6) is 5.75 Å². The fourth-order valence-corrected chi connectivity index (χ4v) is 2.19. The van der Waals surface area contributed by atoms with E-state index in [2.05, 4.69) is 0 Å². The van der Waals surface area contributed by atoms with Crippen LogP contribution in [0, 0.1) is 0 Å². The number of thioether (sulfide) groups is 1. The molecule has 2 aromatic rings. The van der Waals surface area contributed by atoms with Crippen LogP contribution in [0.1, 0.15) is 10.4 Å². The smallest absolute Gasteiger partial charge is 0.319 e. The molecule has 0 spiro atoms. The van der Waals surface area contributed by atoms with Gasteiger partial charge in [0.2, 0.25) is 0 Å². The summed E-state index contributed by atoms with van der Waals surface area (Å²) in [7, 11) is 1.60. The van der Waals surface area contributed by atoms with Crippen molar-refractivity contribution in [2.24, 2.45) is 0 Å². The molecule has 2 rings (SSSR count). The molecule has 1 aromatic heterocycles. The Balaban J connectivity index is 0.00000180. The first kappa shape index (κ1) is 15.7. The van der Waals surface area contributed by atoms with Crippen LogP contribution in [0.25, 0.3) is 0 Å². The predicted molar refractivity (Wildman–Crippen MR) is 71.2 cm³/mol. The number of carbonyl (C=O) groups is 1. The first-order valence-corrected chi connectivity index (χ1v) is 6.44. The molecule has 1 heterocycles. The highest BCUT2D eigenvalue weighted by molar-refractivity contribution is 8.00. The van der Waals surface area contributed by atoms with Crippen LogP contribution in [0.15, 0.2) is 58.2 Å². The number of rotatable bonds is 5. The van der Waals surface area contributed by atoms with E-state index in [1.54, 1.807) is 43.9 Å². The largest absolute Gasteiger partial charge is 1.00 e. The molecular weight excluding hydrogens is 328 g/mol. The lowest BCUT2D eigenvalue weighted by Gasteiger charge is -2.02. The van der Waals surface area contributed by atoms with E-state index in [1.165, 1.54) is 11.8 Å². The molecule has 1 aromatic carbocycles. The third-order valence-electron chi connectivity index (χ3n) is 2.40. The lowest BCUT2D eigenvalue weighted by molar-refractivity contribution is -0.0000121. The molecule has 0 bridgehead atoms. The highest BCUT2D eigenvalue weighted by Gasteiger charge is 2.07. The molecule has 19 heavy (non-hydrogen) atoms. The molecule has 0 radical (unpaired) electrons. The van der Waals surface area contributed by atoms with Gasteiger partial charge in [0.05, 0.1) is 12.9 Å². The number of ketones is 1. The molecule has 0 aliphatic heterocycles. The fraction of sp³-hybridized carbons (Fsp3) is 0.143. The van der Waals surface area contributed by atoms with Crippen LogP contribution in [-0.2, 0) is 0 Å². The molecule has 0 aliphatic carbocycles. The summed E-state index contributed by atoms with van der Waals surface area (Å²) < 4.78 is 9.97. The number of halogens is 1. The number of hydrogen-bond donors (Lipinski definition) is 0. The third-order valence-corrected chi connectivity index (χ3v) is 3.42. The van der Waals surface area contributed by atoms with Crippen LogP contribution in [-0.4, -0.2) is 18.6 Å². The predicted octanol–water partition coefficient (Wildman–Crippen LogP) is 0.548. The van der Waals surface area contributed by atoms with Crippen molar-refractivity contribution in [3.63, 3.8) is 0 Å². The van der Waals surface area contributed by atoms with Crippen molar-refractivity contribution in [1.82, 2.24) is 0 Å². The molecule has 0 aliphatic rings. The molecule has 0 atom stereocenters. The maximum absolute atomic E-state index is 11.9. The Morgan fingerprint density at radius 1 is 1.16 bits per heavy atom. The quantitative estimate of drug-likeness (QED) is 0.452. The zero-order valence-corrected chi connectivity index (χ0v) is 12.7. The summed E-state index contributed by atoms with van der Waals surface area (Å²) in [4.78, 5) is 12.9. The Bertz CT molecular complexity index is 514. The van der Waals surface area contributed by atoms with Gasteiger partial charge < -0.3 is 21.7 Å². The van der Waals surface area contributed by atoms with Gasteiger partial charge in [0, 0.05) is 22.6 Å². The summed E-state index contributed by atoms with van der Waals surface area (Å²) in [5.41, 5.74) is 0.698. The Kier molecular flexibility index (Phi) is 6.59. The van der Waals surface area contributed by atoms with E-state index in [9.17, 15) is 4.79 Å². The van der Waals surface area contributed by atoms with E-state index >= 15 is 0 Å². The minimum Gasteiger partial charge on any atom is -1.00 e. The average molecular weight is 341 g/mol. The standard InChI is InChI=1S/C14H13O3S.BrH/c1-16-12-4-2-11(3-5-12)14(15)10-18-13-6-8-17-9-7-13;/h2-9H,10H2,1H3;1H/q+1;/p-1. The van der Waals surface area contributed by atoms with Gasteiger partial charge in [-0.1, -0.05) is 0 Å². The van der Waals surface area contributed by atoms with Gasteiger partial charge in [-0.2, -0.15) is 0 Å². The Morgan fingerprint density at radius 3 is 2.37 bits per heavy atom. The van der Waals surface area contributed by atoms with E-state index < -0.39 is 0 Å². The maximum Gasteiger partial charge on any atom is 0.319 e. The number of Topliss-reactive ketones (excluding diaryl/α,β-unsaturated/α-hetero) is 1. The van der Waals surface area contributed by atoms with Crippen molar-refractivity contribution in [3.8, 4) is 5.75 Å². The van der Waals surface area contributed by atoms with Crippen molar-refractivity contribution >= 4 is 17.5 Å². The zero-order chi connectivity index (χ0) is 12.8. The van der Waals surface area contributed by atoms with Gasteiger partial charge >= 0.3 is 12.5 Å². The van der Waals surface area contributed by atoms with Gasteiger partial charge in [0.1, 0.15) is 5.75 Å². The zero-order valence-electron chi connectivity index (χ0n) is 10.3. The van der Waals surface area contributed by atoms with E-state index in [1.807, 2.05) is 12.1 Å². The van der Waals surface area contributed by atoms with E-state index in [0.717, 1.165) is 10.6 Å². The van der Waals surface area contributed by atoms with Crippen LogP contribution < -0.4 is 21.7 Å². The summed E-state index contributed by atoms with van der Waals surface area (Å²) in [5, 5.41) is 0. The number of methoxy groups -OCH3 is 1. The van der Waals surface area contributed by atoms with Crippen LogP contribution in [0.4, 0.5) is 0 Å². The summed E-state index contributed by atoms with van der Waals surface area (Å²) in [6.45, 7) is 0. The minimum absolute atomic E-state index is 0. The topological polar surface area (TPSA) is 37.6 Å². The normalized spacial score (nSPS) is 9.53. The second-order valence-electron chi connectivity index (χ2n) is 3.58. The minimum atomic E-state index is 0. The van der Waals surface area contributed by atoms with Gasteiger partial charge in [-0.05, 0) is 24.3 Å². The molecule has 0 saturated heterocycles. The molecule has 0 fully saturated rings. The molecule has 0 unspecified atom stereocenters. The Hall–Kier alpha value is -1.33. The lowest BCUT2D eigenvalue weighted by atomic mass is 10.1. The molecule has 0 N–H and O–H groups in total. The number of benzene rings is 1. The van der Waals surface area contributed by atoms with E-state index in [4.69, 9.17) is 9.15 Å². The summed E-state index contributed by atoms with van der Waals surface area (Å²) in [6.07, 6.45) is 3.19. The molecule has 0 saturated carbocycles.